The van der Waals surface area contributed by atoms with Crippen LogP contribution in [0, 0.1) is 29.0 Å². The van der Waals surface area contributed by atoms with Gasteiger partial charge in [-0.25, -0.2) is 4.39 Å². The Balaban J connectivity index is 1.34. The van der Waals surface area contributed by atoms with Crippen molar-refractivity contribution in [2.24, 2.45) is 11.8 Å². The molecule has 3 heteroatoms. The number of benzene rings is 1. The quantitative estimate of drug-likeness (QED) is 0.446. The molecule has 0 unspecified atom stereocenters. The molecule has 2 aliphatic rings. The third kappa shape index (κ3) is 6.05. The van der Waals surface area contributed by atoms with Gasteiger partial charge in [0.05, 0.1) is 11.7 Å². The van der Waals surface area contributed by atoms with E-state index in [0.717, 1.165) is 49.7 Å². The van der Waals surface area contributed by atoms with Gasteiger partial charge in [-0.2, -0.15) is 5.26 Å². The molecular formula is C25H36FNO. The van der Waals surface area contributed by atoms with Gasteiger partial charge in [0.2, 0.25) is 0 Å². The highest BCUT2D eigenvalue weighted by Crippen LogP contribution is 2.36. The molecule has 0 bridgehead atoms. The smallest absolute Gasteiger partial charge is 0.141 e. The average Bonchev–Trinajstić information content (AvgIpc) is 2.74. The van der Waals surface area contributed by atoms with Crippen LogP contribution in [0.1, 0.15) is 101 Å². The summed E-state index contributed by atoms with van der Waals surface area (Å²) in [5.74, 6) is 1.74. The van der Waals surface area contributed by atoms with Gasteiger partial charge in [-0.05, 0) is 74.0 Å². The summed E-state index contributed by atoms with van der Waals surface area (Å²) in [6.07, 6.45) is 15.7. The van der Waals surface area contributed by atoms with Gasteiger partial charge >= 0.3 is 0 Å². The van der Waals surface area contributed by atoms with Gasteiger partial charge in [0.1, 0.15) is 11.9 Å². The molecule has 28 heavy (non-hydrogen) atoms. The molecule has 2 nitrogen and oxygen atoms in total. The van der Waals surface area contributed by atoms with Crippen LogP contribution in [-0.2, 0) is 4.74 Å². The predicted molar refractivity (Wildman–Crippen MR) is 112 cm³/mol. The molecule has 0 amide bonds. The minimum absolute atomic E-state index is 0.140. The van der Waals surface area contributed by atoms with Crippen LogP contribution in [-0.4, -0.2) is 12.7 Å². The summed E-state index contributed by atoms with van der Waals surface area (Å²) in [6, 6.07) is 7.00. The van der Waals surface area contributed by atoms with Crippen LogP contribution in [0.3, 0.4) is 0 Å². The fraction of sp³-hybridized carbons (Fsp3) is 0.720. The first-order chi connectivity index (χ1) is 13.7. The molecule has 0 aliphatic heterocycles. The summed E-state index contributed by atoms with van der Waals surface area (Å²) < 4.78 is 20.2. The Bertz CT molecular complexity index is 636. The van der Waals surface area contributed by atoms with Crippen LogP contribution < -0.4 is 0 Å². The molecule has 0 aromatic heterocycles. The van der Waals surface area contributed by atoms with Gasteiger partial charge in [-0.1, -0.05) is 51.5 Å². The van der Waals surface area contributed by atoms with Crippen LogP contribution >= 0.6 is 0 Å². The number of nitriles is 1. The Kier molecular flexibility index (Phi) is 8.34. The second kappa shape index (κ2) is 11.0. The van der Waals surface area contributed by atoms with Gasteiger partial charge in [0.15, 0.2) is 0 Å². The maximum atomic E-state index is 13.9. The van der Waals surface area contributed by atoms with E-state index in [1.165, 1.54) is 51.4 Å². The van der Waals surface area contributed by atoms with E-state index in [1.807, 2.05) is 12.1 Å². The average molecular weight is 386 g/mol. The summed E-state index contributed by atoms with van der Waals surface area (Å²) in [4.78, 5) is 0. The van der Waals surface area contributed by atoms with Crippen molar-refractivity contribution in [2.45, 2.75) is 96.0 Å². The van der Waals surface area contributed by atoms with Crippen LogP contribution in [0.2, 0.25) is 0 Å². The molecule has 0 atom stereocenters. The molecule has 0 saturated heterocycles. The first-order valence-corrected chi connectivity index (χ1v) is 11.5. The van der Waals surface area contributed by atoms with Crippen molar-refractivity contribution in [3.05, 3.63) is 35.1 Å². The molecule has 2 aliphatic carbocycles. The van der Waals surface area contributed by atoms with Crippen LogP contribution in [0.5, 0.6) is 0 Å². The third-order valence-electron chi connectivity index (χ3n) is 7.01. The monoisotopic (exact) mass is 385 g/mol. The van der Waals surface area contributed by atoms with E-state index in [2.05, 4.69) is 6.92 Å². The van der Waals surface area contributed by atoms with E-state index in [0.29, 0.717) is 12.0 Å². The Morgan fingerprint density at radius 2 is 1.71 bits per heavy atom. The minimum Gasteiger partial charge on any atom is -0.378 e. The molecule has 1 aromatic carbocycles. The van der Waals surface area contributed by atoms with Crippen molar-refractivity contribution < 1.29 is 9.13 Å². The molecule has 2 saturated carbocycles. The second-order valence-corrected chi connectivity index (χ2v) is 9.04. The molecule has 3 rings (SSSR count). The molecule has 0 N–H and O–H groups in total. The Morgan fingerprint density at radius 1 is 1.00 bits per heavy atom. The highest BCUT2D eigenvalue weighted by Gasteiger charge is 2.26. The van der Waals surface area contributed by atoms with E-state index < -0.39 is 0 Å². The van der Waals surface area contributed by atoms with E-state index in [-0.39, 0.29) is 11.4 Å². The summed E-state index contributed by atoms with van der Waals surface area (Å²) in [7, 11) is 0. The number of unbranched alkanes of at least 4 members (excludes halogenated alkanes) is 2. The SMILES string of the molecule is CCCCCC1CCC(COC2CCC(c3ccc(C#N)c(F)c3)CC2)CC1. The second-order valence-electron chi connectivity index (χ2n) is 9.04. The fourth-order valence-corrected chi connectivity index (χ4v) is 5.08. The first-order valence-electron chi connectivity index (χ1n) is 11.5. The van der Waals surface area contributed by atoms with Crippen molar-refractivity contribution >= 4 is 0 Å². The van der Waals surface area contributed by atoms with Crippen LogP contribution in [0.25, 0.3) is 0 Å². The normalized spacial score (nSPS) is 28.0. The molecular weight excluding hydrogens is 349 g/mol. The topological polar surface area (TPSA) is 33.0 Å². The standard InChI is InChI=1S/C25H36FNO/c1-2-3-4-5-19-6-8-20(9-7-19)18-28-24-14-12-21(13-15-24)22-10-11-23(17-27)25(26)16-22/h10-11,16,19-21,24H,2-9,12-15,18H2,1H3. The maximum absolute atomic E-state index is 13.9. The fourth-order valence-electron chi connectivity index (χ4n) is 5.08. The number of halogens is 1. The van der Waals surface area contributed by atoms with E-state index >= 15 is 0 Å². The van der Waals surface area contributed by atoms with Crippen LogP contribution in [0.15, 0.2) is 18.2 Å². The zero-order valence-corrected chi connectivity index (χ0v) is 17.5. The summed E-state index contributed by atoms with van der Waals surface area (Å²) in [5, 5.41) is 8.88. The van der Waals surface area contributed by atoms with E-state index in [9.17, 15) is 4.39 Å². The van der Waals surface area contributed by atoms with E-state index in [1.54, 1.807) is 12.1 Å². The number of hydrogen-bond acceptors (Lipinski definition) is 2. The first kappa shape index (κ1) is 21.3. The Labute approximate surface area is 170 Å². The van der Waals surface area contributed by atoms with Crippen molar-refractivity contribution in [3.8, 4) is 6.07 Å². The lowest BCUT2D eigenvalue weighted by Gasteiger charge is -2.32. The Morgan fingerprint density at radius 3 is 2.36 bits per heavy atom. The number of rotatable bonds is 8. The van der Waals surface area contributed by atoms with Crippen molar-refractivity contribution in [3.63, 3.8) is 0 Å². The largest absolute Gasteiger partial charge is 0.378 e. The molecule has 1 aromatic rings. The van der Waals surface area contributed by atoms with E-state index in [4.69, 9.17) is 10.00 Å². The lowest BCUT2D eigenvalue weighted by atomic mass is 9.80. The third-order valence-corrected chi connectivity index (χ3v) is 7.01. The highest BCUT2D eigenvalue weighted by molar-refractivity contribution is 5.34. The molecule has 0 spiro atoms. The summed E-state index contributed by atoms with van der Waals surface area (Å²) in [6.45, 7) is 3.22. The summed E-state index contributed by atoms with van der Waals surface area (Å²) >= 11 is 0. The number of nitrogens with zero attached hydrogens (tertiary/aromatic N) is 1. The highest BCUT2D eigenvalue weighted by atomic mass is 19.1. The lowest BCUT2D eigenvalue weighted by molar-refractivity contribution is -0.00484. The van der Waals surface area contributed by atoms with Crippen molar-refractivity contribution in [2.75, 3.05) is 6.61 Å². The van der Waals surface area contributed by atoms with Gasteiger partial charge in [-0.3, -0.25) is 0 Å². The molecule has 0 radical (unpaired) electrons. The Hall–Kier alpha value is -1.40. The zero-order valence-electron chi connectivity index (χ0n) is 17.5. The number of ether oxygens (including phenoxy) is 1. The minimum atomic E-state index is -0.385. The number of hydrogen-bond donors (Lipinski definition) is 0. The van der Waals surface area contributed by atoms with Crippen molar-refractivity contribution in [1.82, 2.24) is 0 Å². The maximum Gasteiger partial charge on any atom is 0.141 e. The molecule has 154 valence electrons. The van der Waals surface area contributed by atoms with Gasteiger partial charge < -0.3 is 4.74 Å². The molecule has 0 heterocycles. The lowest BCUT2D eigenvalue weighted by Crippen LogP contribution is -2.25. The van der Waals surface area contributed by atoms with Crippen molar-refractivity contribution in [1.29, 1.82) is 5.26 Å². The summed E-state index contributed by atoms with van der Waals surface area (Å²) in [5.41, 5.74) is 1.18. The van der Waals surface area contributed by atoms with Gasteiger partial charge in [0.25, 0.3) is 0 Å². The van der Waals surface area contributed by atoms with Gasteiger partial charge in [-0.15, -0.1) is 0 Å². The van der Waals surface area contributed by atoms with Crippen LogP contribution in [0.4, 0.5) is 4.39 Å². The van der Waals surface area contributed by atoms with Gasteiger partial charge in [0, 0.05) is 6.61 Å². The zero-order chi connectivity index (χ0) is 19.8. The molecule has 2 fully saturated rings. The predicted octanol–water partition coefficient (Wildman–Crippen LogP) is 7.13.